The van der Waals surface area contributed by atoms with Crippen LogP contribution < -0.4 is 10.2 Å². The Morgan fingerprint density at radius 3 is 2.53 bits per heavy atom. The van der Waals surface area contributed by atoms with E-state index in [0.717, 1.165) is 29.2 Å². The fourth-order valence-corrected chi connectivity index (χ4v) is 4.00. The van der Waals surface area contributed by atoms with Gasteiger partial charge in [0.1, 0.15) is 0 Å². The van der Waals surface area contributed by atoms with E-state index in [1.807, 2.05) is 54.7 Å². The van der Waals surface area contributed by atoms with Crippen LogP contribution in [-0.4, -0.2) is 23.8 Å². The topological polar surface area (TPSA) is 62.3 Å². The summed E-state index contributed by atoms with van der Waals surface area (Å²) in [6.45, 7) is 0. The van der Waals surface area contributed by atoms with Crippen molar-refractivity contribution in [2.75, 3.05) is 17.3 Å². The van der Waals surface area contributed by atoms with Crippen LogP contribution in [0.25, 0.3) is 0 Å². The highest BCUT2D eigenvalue weighted by molar-refractivity contribution is 7.98. The maximum absolute atomic E-state index is 12.9. The van der Waals surface area contributed by atoms with Crippen molar-refractivity contribution in [3.63, 3.8) is 0 Å². The SMILES string of the molecule is CN(C(=O)C1CC1)c1ccccc1C(=O)Nc1ccc(SCc2cccnc2)cc1. The third kappa shape index (κ3) is 4.89. The fraction of sp³-hybridized carbons (Fsp3) is 0.208. The first-order valence-corrected chi connectivity index (χ1v) is 10.9. The number of rotatable bonds is 7. The molecule has 0 unspecified atom stereocenters. The molecule has 0 bridgehead atoms. The quantitative estimate of drug-likeness (QED) is 0.550. The standard InChI is InChI=1S/C24H23N3O2S/c1-27(24(29)18-8-9-18)22-7-3-2-6-21(22)23(28)26-19-10-12-20(13-11-19)30-16-17-5-4-14-25-15-17/h2-7,10-15,18H,8-9,16H2,1H3,(H,26,28). The predicted octanol–water partition coefficient (Wildman–Crippen LogP) is 5.00. The van der Waals surface area contributed by atoms with Crippen molar-refractivity contribution in [1.82, 2.24) is 4.98 Å². The van der Waals surface area contributed by atoms with Crippen LogP contribution in [0.5, 0.6) is 0 Å². The van der Waals surface area contributed by atoms with Gasteiger partial charge in [-0.15, -0.1) is 11.8 Å². The molecule has 1 saturated carbocycles. The van der Waals surface area contributed by atoms with E-state index >= 15 is 0 Å². The van der Waals surface area contributed by atoms with Gasteiger partial charge < -0.3 is 10.2 Å². The number of nitrogens with one attached hydrogen (secondary N) is 1. The molecule has 152 valence electrons. The van der Waals surface area contributed by atoms with Crippen molar-refractivity contribution in [3.8, 4) is 0 Å². The van der Waals surface area contributed by atoms with Crippen LogP contribution in [0, 0.1) is 5.92 Å². The van der Waals surface area contributed by atoms with Gasteiger partial charge in [0.2, 0.25) is 5.91 Å². The summed E-state index contributed by atoms with van der Waals surface area (Å²) in [7, 11) is 1.74. The molecule has 3 aromatic rings. The largest absolute Gasteiger partial charge is 0.322 e. The average Bonchev–Trinajstić information content (AvgIpc) is 3.64. The first-order chi connectivity index (χ1) is 14.6. The number of pyridine rings is 1. The predicted molar refractivity (Wildman–Crippen MR) is 121 cm³/mol. The molecule has 0 atom stereocenters. The molecule has 2 amide bonds. The Morgan fingerprint density at radius 1 is 1.07 bits per heavy atom. The Morgan fingerprint density at radius 2 is 1.83 bits per heavy atom. The Balaban J connectivity index is 1.41. The van der Waals surface area contributed by atoms with Gasteiger partial charge in [0.25, 0.3) is 5.91 Å². The third-order valence-electron chi connectivity index (χ3n) is 5.01. The molecule has 1 N–H and O–H groups in total. The van der Waals surface area contributed by atoms with E-state index in [1.165, 1.54) is 5.56 Å². The van der Waals surface area contributed by atoms with Crippen molar-refractivity contribution < 1.29 is 9.59 Å². The maximum Gasteiger partial charge on any atom is 0.257 e. The first-order valence-electron chi connectivity index (χ1n) is 9.91. The fourth-order valence-electron chi connectivity index (χ4n) is 3.16. The van der Waals surface area contributed by atoms with Crippen LogP contribution in [0.15, 0.2) is 78.0 Å². The molecule has 0 radical (unpaired) electrons. The summed E-state index contributed by atoms with van der Waals surface area (Å²) in [5, 5.41) is 2.94. The normalized spacial score (nSPS) is 13.0. The van der Waals surface area contributed by atoms with Crippen LogP contribution in [0.4, 0.5) is 11.4 Å². The van der Waals surface area contributed by atoms with Gasteiger partial charge in [-0.2, -0.15) is 0 Å². The number of hydrogen-bond acceptors (Lipinski definition) is 4. The van der Waals surface area contributed by atoms with Gasteiger partial charge in [0.05, 0.1) is 11.3 Å². The van der Waals surface area contributed by atoms with Crippen molar-refractivity contribution in [1.29, 1.82) is 0 Å². The number of anilines is 2. The highest BCUT2D eigenvalue weighted by atomic mass is 32.2. The van der Waals surface area contributed by atoms with Gasteiger partial charge in [-0.05, 0) is 60.9 Å². The number of thioether (sulfide) groups is 1. The molecule has 0 saturated heterocycles. The molecular formula is C24H23N3O2S. The molecule has 1 aliphatic carbocycles. The molecule has 0 aliphatic heterocycles. The molecule has 5 nitrogen and oxygen atoms in total. The minimum absolute atomic E-state index is 0.0743. The van der Waals surface area contributed by atoms with Crippen LogP contribution in [0.1, 0.15) is 28.8 Å². The van der Waals surface area contributed by atoms with Gasteiger partial charge in [-0.25, -0.2) is 0 Å². The van der Waals surface area contributed by atoms with Gasteiger partial charge in [-0.3, -0.25) is 14.6 Å². The summed E-state index contributed by atoms with van der Waals surface area (Å²) in [4.78, 5) is 32.2. The molecule has 1 aliphatic rings. The number of carbonyl (C=O) groups excluding carboxylic acids is 2. The van der Waals surface area contributed by atoms with E-state index in [4.69, 9.17) is 0 Å². The van der Waals surface area contributed by atoms with E-state index in [1.54, 1.807) is 36.0 Å². The molecule has 2 aromatic carbocycles. The van der Waals surface area contributed by atoms with E-state index in [2.05, 4.69) is 16.4 Å². The van der Waals surface area contributed by atoms with Gasteiger partial charge in [-0.1, -0.05) is 18.2 Å². The van der Waals surface area contributed by atoms with E-state index < -0.39 is 0 Å². The lowest BCUT2D eigenvalue weighted by Gasteiger charge is -2.20. The summed E-state index contributed by atoms with van der Waals surface area (Å²) < 4.78 is 0. The number of hydrogen-bond donors (Lipinski definition) is 1. The summed E-state index contributed by atoms with van der Waals surface area (Å²) in [6, 6.07) is 19.0. The van der Waals surface area contributed by atoms with E-state index in [-0.39, 0.29) is 17.7 Å². The monoisotopic (exact) mass is 417 g/mol. The average molecular weight is 418 g/mol. The zero-order chi connectivity index (χ0) is 20.9. The molecule has 4 rings (SSSR count). The van der Waals surface area contributed by atoms with Crippen LogP contribution in [0.3, 0.4) is 0 Å². The van der Waals surface area contributed by atoms with Gasteiger partial charge in [0, 0.05) is 41.7 Å². The summed E-state index contributed by atoms with van der Waals surface area (Å²) in [5.41, 5.74) is 3.01. The molecular weight excluding hydrogens is 394 g/mol. The second-order valence-electron chi connectivity index (χ2n) is 7.32. The highest BCUT2D eigenvalue weighted by Gasteiger charge is 2.33. The number of para-hydroxylation sites is 1. The Kier molecular flexibility index (Phi) is 6.14. The Bertz CT molecular complexity index is 1030. The Labute approximate surface area is 180 Å². The minimum atomic E-state index is -0.225. The highest BCUT2D eigenvalue weighted by Crippen LogP contribution is 2.33. The molecule has 1 aromatic heterocycles. The zero-order valence-corrected chi connectivity index (χ0v) is 17.6. The summed E-state index contributed by atoms with van der Waals surface area (Å²) >= 11 is 1.72. The smallest absolute Gasteiger partial charge is 0.257 e. The van der Waals surface area contributed by atoms with Crippen molar-refractivity contribution in [3.05, 3.63) is 84.2 Å². The third-order valence-corrected chi connectivity index (χ3v) is 6.09. The summed E-state index contributed by atoms with van der Waals surface area (Å²) in [5.74, 6) is 0.791. The van der Waals surface area contributed by atoms with Gasteiger partial charge >= 0.3 is 0 Å². The number of aromatic nitrogens is 1. The lowest BCUT2D eigenvalue weighted by atomic mass is 10.1. The van der Waals surface area contributed by atoms with Crippen molar-refractivity contribution in [2.24, 2.45) is 5.92 Å². The van der Waals surface area contributed by atoms with E-state index in [9.17, 15) is 9.59 Å². The van der Waals surface area contributed by atoms with Crippen molar-refractivity contribution in [2.45, 2.75) is 23.5 Å². The number of carbonyl (C=O) groups is 2. The van der Waals surface area contributed by atoms with Crippen molar-refractivity contribution >= 4 is 35.0 Å². The van der Waals surface area contributed by atoms with Gasteiger partial charge in [0.15, 0.2) is 0 Å². The molecule has 6 heteroatoms. The second kappa shape index (κ2) is 9.13. The zero-order valence-electron chi connectivity index (χ0n) is 16.7. The molecule has 1 heterocycles. The van der Waals surface area contributed by atoms with E-state index in [0.29, 0.717) is 11.3 Å². The van der Waals surface area contributed by atoms with Crippen LogP contribution in [0.2, 0.25) is 0 Å². The molecule has 1 fully saturated rings. The first kappa shape index (κ1) is 20.2. The van der Waals surface area contributed by atoms with Crippen LogP contribution >= 0.6 is 11.8 Å². The summed E-state index contributed by atoms with van der Waals surface area (Å²) in [6.07, 6.45) is 5.50. The minimum Gasteiger partial charge on any atom is -0.322 e. The molecule has 30 heavy (non-hydrogen) atoms. The second-order valence-corrected chi connectivity index (χ2v) is 8.37. The lowest BCUT2D eigenvalue weighted by Crippen LogP contribution is -2.29. The maximum atomic E-state index is 12.9. The number of benzene rings is 2. The lowest BCUT2D eigenvalue weighted by molar-refractivity contribution is -0.119. The number of amides is 2. The van der Waals surface area contributed by atoms with Crippen LogP contribution in [-0.2, 0) is 10.5 Å². The number of nitrogens with zero attached hydrogens (tertiary/aromatic N) is 2. The molecule has 0 spiro atoms. The Hall–Kier alpha value is -3.12.